The van der Waals surface area contributed by atoms with Crippen LogP contribution in [0.15, 0.2) is 58.3 Å². The summed E-state index contributed by atoms with van der Waals surface area (Å²) >= 11 is 1.57. The summed E-state index contributed by atoms with van der Waals surface area (Å²) in [6.07, 6.45) is 10.1. The summed E-state index contributed by atoms with van der Waals surface area (Å²) in [6, 6.07) is 11.6. The number of fused-ring (bicyclic) bond motifs is 11. The van der Waals surface area contributed by atoms with Crippen molar-refractivity contribution >= 4 is 46.8 Å². The molecule has 2 aromatic heterocycles. The maximum absolute atomic E-state index is 16.0. The van der Waals surface area contributed by atoms with E-state index in [1.54, 1.807) is 22.8 Å². The zero-order valence-electron chi connectivity index (χ0n) is 47.1. The number of aromatic nitrogens is 3. The second-order valence-electron chi connectivity index (χ2n) is 23.2. The number of benzene rings is 2. The summed E-state index contributed by atoms with van der Waals surface area (Å²) in [6.45, 7) is 9.34. The Morgan fingerprint density at radius 2 is 1.74 bits per heavy atom. The summed E-state index contributed by atoms with van der Waals surface area (Å²) in [5, 5.41) is 30.3. The lowest BCUT2D eigenvalue weighted by molar-refractivity contribution is -0.144. The van der Waals surface area contributed by atoms with E-state index in [4.69, 9.17) is 9.47 Å². The Morgan fingerprint density at radius 1 is 1.02 bits per heavy atom. The maximum atomic E-state index is 16.0. The Bertz CT molecular complexity index is 2970. The first-order chi connectivity index (χ1) is 38.2. The van der Waals surface area contributed by atoms with Crippen LogP contribution < -0.4 is 26.5 Å². The van der Waals surface area contributed by atoms with Crippen LogP contribution in [-0.4, -0.2) is 100 Å². The summed E-state index contributed by atoms with van der Waals surface area (Å²) < 4.78 is 60.4. The minimum atomic E-state index is -3.57. The van der Waals surface area contributed by atoms with Crippen LogP contribution >= 0.6 is 11.3 Å². The predicted molar refractivity (Wildman–Crippen MR) is 302 cm³/mol. The van der Waals surface area contributed by atoms with Gasteiger partial charge >= 0.3 is 5.69 Å². The minimum Gasteiger partial charge on any atom is -0.391 e. The molecule has 1 saturated carbocycles. The van der Waals surface area contributed by atoms with Crippen molar-refractivity contribution in [1.29, 1.82) is 5.26 Å². The number of aliphatic hydroxyl groups excluding tert-OH is 1. The van der Waals surface area contributed by atoms with Crippen LogP contribution in [0.4, 0.5) is 24.8 Å². The van der Waals surface area contributed by atoms with Gasteiger partial charge in [0.05, 0.1) is 50.8 Å². The van der Waals surface area contributed by atoms with E-state index in [-0.39, 0.29) is 55.7 Å². The zero-order valence-corrected chi connectivity index (χ0v) is 47.9. The van der Waals surface area contributed by atoms with Gasteiger partial charge in [0.15, 0.2) is 6.23 Å². The van der Waals surface area contributed by atoms with Crippen LogP contribution in [0.1, 0.15) is 158 Å². The fourth-order valence-electron chi connectivity index (χ4n) is 11.1. The molecule has 80 heavy (non-hydrogen) atoms. The van der Waals surface area contributed by atoms with Gasteiger partial charge in [-0.3, -0.25) is 19.0 Å². The summed E-state index contributed by atoms with van der Waals surface area (Å²) in [4.78, 5) is 68.4. The minimum absolute atomic E-state index is 0.0110. The number of ether oxygens (including phenoxy) is 2. The first-order valence-electron chi connectivity index (χ1n) is 28.4. The monoisotopic (exact) mass is 1130 g/mol. The summed E-state index contributed by atoms with van der Waals surface area (Å²) in [5.74, 6) is -4.98. The second-order valence-corrected chi connectivity index (χ2v) is 24.0. The lowest BCUT2D eigenvalue weighted by Crippen LogP contribution is -2.57. The molecule has 0 radical (unpaired) electrons. The fourth-order valence-corrected chi connectivity index (χ4v) is 11.9. The molecule has 1 aliphatic carbocycles. The van der Waals surface area contributed by atoms with E-state index in [0.717, 1.165) is 78.3 Å². The highest BCUT2D eigenvalue weighted by molar-refractivity contribution is 7.13. The van der Waals surface area contributed by atoms with Gasteiger partial charge in [-0.2, -0.15) is 19.0 Å². The van der Waals surface area contributed by atoms with Gasteiger partial charge in [0.1, 0.15) is 36.1 Å². The molecule has 4 N–H and O–H groups in total. The highest BCUT2D eigenvalue weighted by Gasteiger charge is 2.52. The van der Waals surface area contributed by atoms with Crippen LogP contribution in [0.3, 0.4) is 0 Å². The van der Waals surface area contributed by atoms with Gasteiger partial charge in [0.2, 0.25) is 17.7 Å². The molecule has 3 amide bonds. The van der Waals surface area contributed by atoms with Crippen LogP contribution in [0.2, 0.25) is 0 Å². The van der Waals surface area contributed by atoms with Crippen molar-refractivity contribution in [2.24, 2.45) is 10.8 Å². The molecule has 4 aromatic rings. The Balaban J connectivity index is 0.841. The Hall–Kier alpha value is -6.14. The van der Waals surface area contributed by atoms with Gasteiger partial charge in [0, 0.05) is 58.3 Å². The van der Waals surface area contributed by atoms with E-state index < -0.39 is 76.8 Å². The summed E-state index contributed by atoms with van der Waals surface area (Å²) in [7, 11) is 1.84. The van der Waals surface area contributed by atoms with E-state index in [1.165, 1.54) is 17.0 Å². The SMILES string of the molecule is Cc1ncsc1-c1ccc(CNC(=O)[C@@H]2C[C@@H](O)CN2C(=O)[C@@H](NC(=O)CCCCCCCCOC2C(C3(C#N)CC3)=Cc3c4nc(=O)n(c3N2C)CCCCCCCOCC(F)(F)c2cccc(c2F)[C@@H](C)N4)C(C)(C)C)cc1. The number of carbonyl (C=O) groups excluding carboxylic acids is 3. The molecule has 432 valence electrons. The molecule has 4 aliphatic heterocycles. The molecule has 0 spiro atoms. The van der Waals surface area contributed by atoms with Crippen LogP contribution in [0.25, 0.3) is 16.5 Å². The van der Waals surface area contributed by atoms with Gasteiger partial charge in [-0.05, 0) is 86.6 Å². The molecule has 1 unspecified atom stereocenters. The topological polar surface area (TPSA) is 204 Å². The van der Waals surface area contributed by atoms with Crippen molar-refractivity contribution in [2.45, 2.75) is 180 Å². The lowest BCUT2D eigenvalue weighted by Gasteiger charge is -2.39. The molecule has 6 heterocycles. The Kier molecular flexibility index (Phi) is 19.6. The predicted octanol–water partition coefficient (Wildman–Crippen LogP) is 10.1. The molecule has 5 aliphatic rings. The zero-order chi connectivity index (χ0) is 57.4. The average Bonchev–Trinajstić information content (AvgIpc) is 4.15. The number of rotatable bonds is 17. The highest BCUT2D eigenvalue weighted by Crippen LogP contribution is 2.56. The molecule has 4 bridgehead atoms. The Morgan fingerprint density at radius 3 is 2.44 bits per heavy atom. The van der Waals surface area contributed by atoms with Crippen molar-refractivity contribution in [3.8, 4) is 16.5 Å². The smallest absolute Gasteiger partial charge is 0.351 e. The second kappa shape index (κ2) is 26.2. The largest absolute Gasteiger partial charge is 0.391 e. The number of halogens is 3. The number of unbranched alkanes of at least 4 members (excludes halogenated alkanes) is 5. The van der Waals surface area contributed by atoms with Crippen molar-refractivity contribution in [3.63, 3.8) is 0 Å². The number of hydrogen-bond acceptors (Lipinski definition) is 13. The van der Waals surface area contributed by atoms with E-state index in [9.17, 15) is 29.5 Å². The first kappa shape index (κ1) is 60.0. The molecule has 5 atom stereocenters. The molecule has 2 fully saturated rings. The third kappa shape index (κ3) is 14.1. The van der Waals surface area contributed by atoms with Crippen LogP contribution in [-0.2, 0) is 42.9 Å². The van der Waals surface area contributed by atoms with E-state index in [1.807, 2.05) is 75.5 Å². The van der Waals surface area contributed by atoms with Crippen LogP contribution in [0.5, 0.6) is 0 Å². The van der Waals surface area contributed by atoms with Gasteiger partial charge in [-0.1, -0.05) is 102 Å². The van der Waals surface area contributed by atoms with Crippen molar-refractivity contribution in [2.75, 3.05) is 43.6 Å². The van der Waals surface area contributed by atoms with Gasteiger partial charge in [-0.25, -0.2) is 14.2 Å². The van der Waals surface area contributed by atoms with Crippen molar-refractivity contribution < 1.29 is 42.1 Å². The van der Waals surface area contributed by atoms with E-state index in [2.05, 4.69) is 32.0 Å². The molecular formula is C60H78F3N9O7S. The molecule has 16 nitrogen and oxygen atoms in total. The quantitative estimate of drug-likeness (QED) is 0.0730. The first-order valence-corrected chi connectivity index (χ1v) is 29.3. The van der Waals surface area contributed by atoms with Gasteiger partial charge < -0.3 is 40.3 Å². The summed E-state index contributed by atoms with van der Waals surface area (Å²) in [5.41, 5.74) is 3.18. The van der Waals surface area contributed by atoms with Crippen LogP contribution in [0, 0.1) is 34.9 Å². The van der Waals surface area contributed by atoms with Crippen molar-refractivity contribution in [3.05, 3.63) is 97.8 Å². The number of nitrogens with zero attached hydrogens (tertiary/aromatic N) is 6. The van der Waals surface area contributed by atoms with Crippen molar-refractivity contribution in [1.82, 2.24) is 30.1 Å². The number of amides is 3. The fraction of sp³-hybridized carbons (Fsp3) is 0.583. The highest BCUT2D eigenvalue weighted by atomic mass is 32.1. The van der Waals surface area contributed by atoms with E-state index >= 15 is 13.2 Å². The molecular weight excluding hydrogens is 1050 g/mol. The molecule has 2 aromatic carbocycles. The number of hydrogen-bond donors (Lipinski definition) is 4. The number of aliphatic hydroxyl groups is 1. The number of alkyl halides is 2. The standard InChI is InChI=1S/C60H78F3N9O7S/c1-38-43-19-18-20-45(49(43)61)60(62,63)36-78-29-16-12-9-11-15-28-71-54-44(52(67-38)69-57(71)77)32-46(59(35-64)26-27-59)56(70(54)6)79-30-17-13-8-7-10-14-21-48(74)68-51(58(3,4)5)55(76)72-34-42(73)31-47(72)53(75)65-33-40-22-24-41(25-23-40)50-39(2)66-37-80-50/h18-20,22-25,32,37-38,42,47,51,56,73H,7-17,21,26-31,33-34,36H2,1-6H3,(H,65,75)(H,68,74)(H,67,69,77)/t38-,42-,47+,51-,56?/m1/s1. The third-order valence-electron chi connectivity index (χ3n) is 15.9. The number of thiazole rings is 1. The number of β-amino-alcohol motifs (C(OH)–C–C–N with tert-alkyl or cyclic N) is 1. The van der Waals surface area contributed by atoms with Gasteiger partial charge in [-0.15, -0.1) is 11.3 Å². The number of nitriles is 1. The number of carbonyl (C=O) groups is 3. The maximum Gasteiger partial charge on any atom is 0.351 e. The number of aryl methyl sites for hydroxylation is 1. The van der Waals surface area contributed by atoms with Gasteiger partial charge in [0.25, 0.3) is 5.92 Å². The number of nitrogens with one attached hydrogen (secondary N) is 3. The number of likely N-dealkylation sites (N-methyl/N-ethyl adjacent to an activating group) is 1. The van der Waals surface area contributed by atoms with E-state index in [0.29, 0.717) is 63.1 Å². The Labute approximate surface area is 471 Å². The normalized spacial score (nSPS) is 21.4. The number of anilines is 2. The average molecular weight is 1130 g/mol. The molecule has 20 heteroatoms. The lowest BCUT2D eigenvalue weighted by atomic mass is 9.85. The third-order valence-corrected chi connectivity index (χ3v) is 16.9. The molecule has 1 saturated heterocycles. The number of likely N-dealkylation sites (tertiary alicyclic amines) is 1. The molecule has 9 rings (SSSR count).